The number of alkyl carbamates (subject to hydrolysis) is 1. The molecule has 0 bridgehead atoms. The van der Waals surface area contributed by atoms with Gasteiger partial charge in [-0.1, -0.05) is 12.8 Å². The predicted octanol–water partition coefficient (Wildman–Crippen LogP) is 3.42. The molecule has 3 fully saturated rings. The smallest absolute Gasteiger partial charge is 0.408 e. The molecule has 3 atom stereocenters. The van der Waals surface area contributed by atoms with Gasteiger partial charge in [-0.05, 0) is 53.9 Å². The fraction of sp³-hybridized carbons (Fsp3) is 0.905. The molecule has 1 aliphatic heterocycles. The number of ether oxygens (including phenoxy) is 2. The predicted molar refractivity (Wildman–Crippen MR) is 126 cm³/mol. The maximum absolute atomic E-state index is 12.1. The van der Waals surface area contributed by atoms with E-state index >= 15 is 0 Å². The number of hydrogen-bond acceptors (Lipinski definition) is 4. The normalized spacial score (nSPS) is 28.2. The third-order valence-electron chi connectivity index (χ3n) is 6.34. The van der Waals surface area contributed by atoms with Crippen LogP contribution in [0.15, 0.2) is 4.99 Å². The Balaban J connectivity index is 0.00000300. The number of amides is 1. The van der Waals surface area contributed by atoms with Gasteiger partial charge in [-0.3, -0.25) is 4.99 Å². The van der Waals surface area contributed by atoms with Crippen molar-refractivity contribution < 1.29 is 14.3 Å². The van der Waals surface area contributed by atoms with E-state index in [1.165, 1.54) is 25.7 Å². The molecule has 2 aliphatic carbocycles. The number of halogens is 1. The highest BCUT2D eigenvalue weighted by molar-refractivity contribution is 14.0. The highest BCUT2D eigenvalue weighted by Crippen LogP contribution is 2.60. The third-order valence-corrected chi connectivity index (χ3v) is 6.34. The van der Waals surface area contributed by atoms with Gasteiger partial charge in [0.15, 0.2) is 5.96 Å². The molecule has 1 spiro atoms. The van der Waals surface area contributed by atoms with E-state index in [0.29, 0.717) is 24.6 Å². The molecular weight excluding hydrogens is 483 g/mol. The SMILES string of the molecule is CN=C(NCC(C)(C)NC(=O)OC(C)(C)C)NC1C2CCOC2C12CCCC2.I. The van der Waals surface area contributed by atoms with Crippen molar-refractivity contribution in [2.75, 3.05) is 20.2 Å². The van der Waals surface area contributed by atoms with Gasteiger partial charge in [0.1, 0.15) is 5.60 Å². The molecule has 1 amide bonds. The zero-order valence-electron chi connectivity index (χ0n) is 18.8. The van der Waals surface area contributed by atoms with E-state index < -0.39 is 17.2 Å². The maximum atomic E-state index is 12.1. The van der Waals surface area contributed by atoms with E-state index in [1.54, 1.807) is 7.05 Å². The van der Waals surface area contributed by atoms with Crippen LogP contribution in [0.2, 0.25) is 0 Å². The van der Waals surface area contributed by atoms with Gasteiger partial charge in [0.25, 0.3) is 0 Å². The molecule has 0 aromatic rings. The molecule has 0 radical (unpaired) electrons. The first kappa shape index (κ1) is 24.5. The van der Waals surface area contributed by atoms with E-state index in [0.717, 1.165) is 19.0 Å². The van der Waals surface area contributed by atoms with Gasteiger partial charge in [0.2, 0.25) is 0 Å². The second-order valence-corrected chi connectivity index (χ2v) is 10.2. The summed E-state index contributed by atoms with van der Waals surface area (Å²) in [6.07, 6.45) is 6.23. The minimum Gasteiger partial charge on any atom is -0.444 e. The number of nitrogens with zero attached hydrogens (tertiary/aromatic N) is 1. The lowest BCUT2D eigenvalue weighted by atomic mass is 9.54. The van der Waals surface area contributed by atoms with Crippen LogP contribution in [0.4, 0.5) is 4.79 Å². The lowest BCUT2D eigenvalue weighted by molar-refractivity contribution is -0.125. The van der Waals surface area contributed by atoms with E-state index in [4.69, 9.17) is 9.47 Å². The van der Waals surface area contributed by atoms with Gasteiger partial charge in [0.05, 0.1) is 11.6 Å². The lowest BCUT2D eigenvalue weighted by Crippen LogP contribution is -2.69. The quantitative estimate of drug-likeness (QED) is 0.300. The molecule has 168 valence electrons. The van der Waals surface area contributed by atoms with Crippen molar-refractivity contribution in [3.05, 3.63) is 0 Å². The molecule has 3 unspecified atom stereocenters. The Hall–Kier alpha value is -0.770. The number of fused-ring (bicyclic) bond motifs is 2. The van der Waals surface area contributed by atoms with Crippen LogP contribution in [0, 0.1) is 11.3 Å². The molecule has 0 aromatic carbocycles. The largest absolute Gasteiger partial charge is 0.444 e. The summed E-state index contributed by atoms with van der Waals surface area (Å²) in [7, 11) is 1.80. The number of nitrogens with one attached hydrogen (secondary N) is 3. The van der Waals surface area contributed by atoms with E-state index in [1.807, 2.05) is 34.6 Å². The topological polar surface area (TPSA) is 84.0 Å². The number of hydrogen-bond donors (Lipinski definition) is 3. The van der Waals surface area contributed by atoms with E-state index in [2.05, 4.69) is 20.9 Å². The van der Waals surface area contributed by atoms with Gasteiger partial charge in [-0.25, -0.2) is 4.79 Å². The van der Waals surface area contributed by atoms with Crippen LogP contribution in [0.25, 0.3) is 0 Å². The number of guanidine groups is 1. The highest BCUT2D eigenvalue weighted by Gasteiger charge is 2.65. The molecule has 7 nitrogen and oxygen atoms in total. The lowest BCUT2D eigenvalue weighted by Gasteiger charge is -2.57. The Morgan fingerprint density at radius 3 is 2.45 bits per heavy atom. The summed E-state index contributed by atoms with van der Waals surface area (Å²) < 4.78 is 11.4. The van der Waals surface area contributed by atoms with Crippen molar-refractivity contribution in [3.8, 4) is 0 Å². The molecular formula is C21H39IN4O3. The van der Waals surface area contributed by atoms with Gasteiger partial charge in [-0.2, -0.15) is 0 Å². The van der Waals surface area contributed by atoms with Crippen molar-refractivity contribution in [2.45, 2.75) is 90.0 Å². The van der Waals surface area contributed by atoms with Crippen LogP contribution in [0.3, 0.4) is 0 Å². The zero-order valence-corrected chi connectivity index (χ0v) is 21.1. The monoisotopic (exact) mass is 522 g/mol. The maximum Gasteiger partial charge on any atom is 0.408 e. The summed E-state index contributed by atoms with van der Waals surface area (Å²) >= 11 is 0. The van der Waals surface area contributed by atoms with Crippen LogP contribution in [0.5, 0.6) is 0 Å². The average molecular weight is 522 g/mol. The van der Waals surface area contributed by atoms with Crippen LogP contribution in [-0.2, 0) is 9.47 Å². The van der Waals surface area contributed by atoms with E-state index in [9.17, 15) is 4.79 Å². The Bertz CT molecular complexity index is 612. The number of carbonyl (C=O) groups excluding carboxylic acids is 1. The number of carbonyl (C=O) groups is 1. The molecule has 1 heterocycles. The summed E-state index contributed by atoms with van der Waals surface area (Å²) in [5.74, 6) is 1.38. The molecule has 0 aromatic heterocycles. The minimum absolute atomic E-state index is 0. The van der Waals surface area contributed by atoms with Crippen LogP contribution in [0.1, 0.15) is 66.7 Å². The van der Waals surface area contributed by atoms with Crippen molar-refractivity contribution in [2.24, 2.45) is 16.3 Å². The minimum atomic E-state index is -0.509. The van der Waals surface area contributed by atoms with Crippen molar-refractivity contribution in [1.29, 1.82) is 0 Å². The molecule has 1 saturated heterocycles. The summed E-state index contributed by atoms with van der Waals surface area (Å²) in [6, 6.07) is 0.427. The van der Waals surface area contributed by atoms with Gasteiger partial charge in [0, 0.05) is 37.6 Å². The van der Waals surface area contributed by atoms with E-state index in [-0.39, 0.29) is 29.4 Å². The van der Waals surface area contributed by atoms with Crippen LogP contribution in [-0.4, -0.2) is 55.5 Å². The molecule has 3 rings (SSSR count). The fourth-order valence-corrected chi connectivity index (χ4v) is 5.17. The fourth-order valence-electron chi connectivity index (χ4n) is 5.17. The summed E-state index contributed by atoms with van der Waals surface area (Å²) in [6.45, 7) is 11.0. The first-order valence-corrected chi connectivity index (χ1v) is 10.7. The van der Waals surface area contributed by atoms with Crippen molar-refractivity contribution in [3.63, 3.8) is 0 Å². The molecule has 8 heteroatoms. The van der Waals surface area contributed by atoms with Gasteiger partial charge in [-0.15, -0.1) is 24.0 Å². The van der Waals surface area contributed by atoms with Crippen LogP contribution < -0.4 is 16.0 Å². The van der Waals surface area contributed by atoms with Gasteiger partial charge < -0.3 is 25.4 Å². The standard InChI is InChI=1S/C21H38N4O3.HI/c1-19(2,3)28-18(26)25-20(4,5)13-23-17(22-6)24-15-14-9-12-27-16(14)21(15)10-7-8-11-21;/h14-16H,7-13H2,1-6H3,(H,25,26)(H2,22,23,24);1H. The second kappa shape index (κ2) is 9.16. The Morgan fingerprint density at radius 1 is 1.21 bits per heavy atom. The van der Waals surface area contributed by atoms with Crippen molar-refractivity contribution in [1.82, 2.24) is 16.0 Å². The Kier molecular flexibility index (Phi) is 7.74. The molecule has 2 saturated carbocycles. The number of rotatable bonds is 4. The summed E-state index contributed by atoms with van der Waals surface area (Å²) in [4.78, 5) is 16.5. The van der Waals surface area contributed by atoms with Crippen molar-refractivity contribution >= 4 is 36.0 Å². The average Bonchev–Trinajstić information content (AvgIpc) is 3.21. The Morgan fingerprint density at radius 2 is 1.86 bits per heavy atom. The molecule has 3 N–H and O–H groups in total. The molecule has 29 heavy (non-hydrogen) atoms. The molecule has 3 aliphatic rings. The van der Waals surface area contributed by atoms with Crippen LogP contribution >= 0.6 is 24.0 Å². The third kappa shape index (κ3) is 5.48. The zero-order chi connectivity index (χ0) is 20.6. The Labute approximate surface area is 192 Å². The second-order valence-electron chi connectivity index (χ2n) is 10.2. The first-order valence-electron chi connectivity index (χ1n) is 10.7. The summed E-state index contributed by atoms with van der Waals surface area (Å²) in [5, 5.41) is 10.0. The van der Waals surface area contributed by atoms with Gasteiger partial charge >= 0.3 is 6.09 Å². The highest BCUT2D eigenvalue weighted by atomic mass is 127. The summed E-state index contributed by atoms with van der Waals surface area (Å²) in [5.41, 5.74) is -0.697. The number of aliphatic imine (C=N–C) groups is 1. The first-order chi connectivity index (χ1) is 13.1.